The maximum atomic E-state index is 12.7. The third-order valence-corrected chi connectivity index (χ3v) is 5.37. The fourth-order valence-electron chi connectivity index (χ4n) is 3.54. The van der Waals surface area contributed by atoms with Crippen LogP contribution in [0.15, 0.2) is 72.8 Å². The molecular weight excluding hydrogens is 400 g/mol. The molecule has 0 aliphatic rings. The second-order valence-electron chi connectivity index (χ2n) is 7.80. The highest BCUT2D eigenvalue weighted by molar-refractivity contribution is 5.97. The normalized spacial score (nSPS) is 11.8. The van der Waals surface area contributed by atoms with Crippen LogP contribution in [0.3, 0.4) is 0 Å². The van der Waals surface area contributed by atoms with Crippen molar-refractivity contribution in [2.75, 3.05) is 5.32 Å². The number of nitrogens with zero attached hydrogens (tertiary/aromatic N) is 1. The molecule has 0 saturated heterocycles. The van der Waals surface area contributed by atoms with Gasteiger partial charge in [0.1, 0.15) is 5.82 Å². The van der Waals surface area contributed by atoms with Crippen molar-refractivity contribution in [3.63, 3.8) is 0 Å². The minimum absolute atomic E-state index is 0.00645. The van der Waals surface area contributed by atoms with E-state index in [2.05, 4.69) is 20.6 Å². The van der Waals surface area contributed by atoms with E-state index in [1.807, 2.05) is 80.6 Å². The molecule has 0 aliphatic heterocycles. The van der Waals surface area contributed by atoms with Crippen LogP contribution in [0, 0.1) is 0 Å². The van der Waals surface area contributed by atoms with Gasteiger partial charge in [-0.3, -0.25) is 9.59 Å². The summed E-state index contributed by atoms with van der Waals surface area (Å²) >= 11 is 0. The van der Waals surface area contributed by atoms with Gasteiger partial charge in [0.25, 0.3) is 5.91 Å². The van der Waals surface area contributed by atoms with E-state index >= 15 is 0 Å². The van der Waals surface area contributed by atoms with E-state index in [0.717, 1.165) is 33.7 Å². The van der Waals surface area contributed by atoms with Gasteiger partial charge < -0.3 is 15.6 Å². The van der Waals surface area contributed by atoms with Crippen LogP contribution in [0.2, 0.25) is 0 Å². The Morgan fingerprint density at radius 3 is 2.47 bits per heavy atom. The molecule has 3 N–H and O–H groups in total. The molecule has 2 amide bonds. The molecule has 3 aromatic carbocycles. The molecule has 32 heavy (non-hydrogen) atoms. The van der Waals surface area contributed by atoms with E-state index in [1.54, 1.807) is 6.07 Å². The molecule has 0 aliphatic carbocycles. The number of fused-ring (bicyclic) bond motifs is 1. The average Bonchev–Trinajstić information content (AvgIpc) is 3.22. The summed E-state index contributed by atoms with van der Waals surface area (Å²) in [5.41, 5.74) is 5.16. The lowest BCUT2D eigenvalue weighted by Gasteiger charge is -2.14. The summed E-state index contributed by atoms with van der Waals surface area (Å²) in [6.07, 6.45) is 1.08. The highest BCUT2D eigenvalue weighted by atomic mass is 16.2. The van der Waals surface area contributed by atoms with E-state index in [-0.39, 0.29) is 17.9 Å². The molecule has 1 atom stereocenters. The predicted molar refractivity (Wildman–Crippen MR) is 127 cm³/mol. The Labute approximate surface area is 187 Å². The van der Waals surface area contributed by atoms with E-state index in [4.69, 9.17) is 0 Å². The van der Waals surface area contributed by atoms with Crippen molar-refractivity contribution >= 4 is 28.5 Å². The zero-order chi connectivity index (χ0) is 22.5. The lowest BCUT2D eigenvalue weighted by atomic mass is 10.1. The van der Waals surface area contributed by atoms with Crippen LogP contribution in [-0.4, -0.2) is 21.8 Å². The Balaban J connectivity index is 1.44. The quantitative estimate of drug-likeness (QED) is 0.389. The number of hydrogen-bond acceptors (Lipinski definition) is 3. The van der Waals surface area contributed by atoms with E-state index in [0.29, 0.717) is 18.4 Å². The highest BCUT2D eigenvalue weighted by Crippen LogP contribution is 2.18. The van der Waals surface area contributed by atoms with Crippen molar-refractivity contribution in [1.82, 2.24) is 15.3 Å². The molecule has 6 nitrogen and oxygen atoms in total. The third kappa shape index (κ3) is 5.03. The third-order valence-electron chi connectivity index (χ3n) is 5.37. The van der Waals surface area contributed by atoms with Gasteiger partial charge in [0.2, 0.25) is 5.91 Å². The second-order valence-corrected chi connectivity index (χ2v) is 7.80. The van der Waals surface area contributed by atoms with Crippen LogP contribution in [-0.2, 0) is 11.2 Å². The minimum atomic E-state index is -0.121. The first kappa shape index (κ1) is 21.3. The summed E-state index contributed by atoms with van der Waals surface area (Å²) in [6, 6.07) is 23.0. The molecular formula is C26H26N4O2. The number of rotatable bonds is 7. The Morgan fingerprint density at radius 2 is 1.75 bits per heavy atom. The van der Waals surface area contributed by atoms with Gasteiger partial charge in [-0.25, -0.2) is 4.98 Å². The SMILES string of the molecule is CCC(=O)Nc1ccc(Cc2nc3ccc(C(=O)NC(C)c4ccccc4)cc3[nH]2)cc1. The summed E-state index contributed by atoms with van der Waals surface area (Å²) in [5, 5.41) is 5.89. The fourth-order valence-corrected chi connectivity index (χ4v) is 3.54. The first-order chi connectivity index (χ1) is 15.5. The number of aromatic nitrogens is 2. The predicted octanol–water partition coefficient (Wildman–Crippen LogP) is 4.99. The lowest BCUT2D eigenvalue weighted by molar-refractivity contribution is -0.115. The molecule has 4 rings (SSSR count). The van der Waals surface area contributed by atoms with Crippen molar-refractivity contribution in [2.45, 2.75) is 32.7 Å². The molecule has 0 bridgehead atoms. The Bertz CT molecular complexity index is 1230. The highest BCUT2D eigenvalue weighted by Gasteiger charge is 2.13. The van der Waals surface area contributed by atoms with Crippen molar-refractivity contribution in [2.24, 2.45) is 0 Å². The Kier molecular flexibility index (Phi) is 6.31. The molecule has 6 heteroatoms. The van der Waals surface area contributed by atoms with E-state index in [9.17, 15) is 9.59 Å². The van der Waals surface area contributed by atoms with Gasteiger partial charge in [-0.2, -0.15) is 0 Å². The number of hydrogen-bond donors (Lipinski definition) is 3. The molecule has 0 fully saturated rings. The van der Waals surface area contributed by atoms with Crippen molar-refractivity contribution in [3.05, 3.63) is 95.3 Å². The number of imidazole rings is 1. The van der Waals surface area contributed by atoms with Gasteiger partial charge in [-0.05, 0) is 48.4 Å². The number of carbonyl (C=O) groups is 2. The standard InChI is InChI=1S/C26H26N4O2/c1-3-25(31)28-21-12-9-18(10-13-21)15-24-29-22-14-11-20(16-23(22)30-24)26(32)27-17(2)19-7-5-4-6-8-19/h4-14,16-17H,3,15H2,1-2H3,(H,27,32)(H,28,31)(H,29,30). The zero-order valence-corrected chi connectivity index (χ0v) is 18.2. The summed E-state index contributed by atoms with van der Waals surface area (Å²) in [5.74, 6) is 0.692. The van der Waals surface area contributed by atoms with Gasteiger partial charge in [-0.15, -0.1) is 0 Å². The summed E-state index contributed by atoms with van der Waals surface area (Å²) < 4.78 is 0. The largest absolute Gasteiger partial charge is 0.346 e. The van der Waals surface area contributed by atoms with Crippen molar-refractivity contribution < 1.29 is 9.59 Å². The number of amides is 2. The number of aromatic amines is 1. The molecule has 0 radical (unpaired) electrons. The minimum Gasteiger partial charge on any atom is -0.346 e. The Hall–Kier alpha value is -3.93. The fraction of sp³-hybridized carbons (Fsp3) is 0.192. The maximum Gasteiger partial charge on any atom is 0.251 e. The monoisotopic (exact) mass is 426 g/mol. The van der Waals surface area contributed by atoms with Crippen LogP contribution in [0.5, 0.6) is 0 Å². The number of H-pyrrole nitrogens is 1. The number of benzene rings is 3. The number of nitrogens with one attached hydrogen (secondary N) is 3. The number of carbonyl (C=O) groups excluding carboxylic acids is 2. The summed E-state index contributed by atoms with van der Waals surface area (Å²) in [4.78, 5) is 32.2. The first-order valence-electron chi connectivity index (χ1n) is 10.7. The van der Waals surface area contributed by atoms with Crippen LogP contribution in [0.1, 0.15) is 53.6 Å². The molecule has 1 unspecified atom stereocenters. The van der Waals surface area contributed by atoms with Gasteiger partial charge in [-0.1, -0.05) is 49.4 Å². The van der Waals surface area contributed by atoms with E-state index in [1.165, 1.54) is 0 Å². The second kappa shape index (κ2) is 9.47. The maximum absolute atomic E-state index is 12.7. The van der Waals surface area contributed by atoms with Crippen molar-refractivity contribution in [1.29, 1.82) is 0 Å². The van der Waals surface area contributed by atoms with Gasteiger partial charge in [0.15, 0.2) is 0 Å². The molecule has 0 saturated carbocycles. The molecule has 162 valence electrons. The smallest absolute Gasteiger partial charge is 0.251 e. The summed E-state index contributed by atoms with van der Waals surface area (Å²) in [7, 11) is 0. The zero-order valence-electron chi connectivity index (χ0n) is 18.2. The van der Waals surface area contributed by atoms with Gasteiger partial charge >= 0.3 is 0 Å². The van der Waals surface area contributed by atoms with Crippen LogP contribution in [0.25, 0.3) is 11.0 Å². The van der Waals surface area contributed by atoms with Crippen LogP contribution < -0.4 is 10.6 Å². The van der Waals surface area contributed by atoms with Crippen LogP contribution >= 0.6 is 0 Å². The average molecular weight is 427 g/mol. The summed E-state index contributed by atoms with van der Waals surface area (Å²) in [6.45, 7) is 3.79. The molecule has 1 aromatic heterocycles. The number of anilines is 1. The molecule has 0 spiro atoms. The van der Waals surface area contributed by atoms with Crippen LogP contribution in [0.4, 0.5) is 5.69 Å². The van der Waals surface area contributed by atoms with Gasteiger partial charge in [0.05, 0.1) is 17.1 Å². The topological polar surface area (TPSA) is 86.9 Å². The van der Waals surface area contributed by atoms with Gasteiger partial charge in [0, 0.05) is 24.1 Å². The van der Waals surface area contributed by atoms with Crippen molar-refractivity contribution in [3.8, 4) is 0 Å². The van der Waals surface area contributed by atoms with E-state index < -0.39 is 0 Å². The Morgan fingerprint density at radius 1 is 1.00 bits per heavy atom. The lowest BCUT2D eigenvalue weighted by Crippen LogP contribution is -2.26. The molecule has 4 aromatic rings. The first-order valence-corrected chi connectivity index (χ1v) is 10.7. The molecule has 1 heterocycles.